The van der Waals surface area contributed by atoms with Crippen LogP contribution in [-0.4, -0.2) is 18.2 Å². The molecule has 1 heterocycles. The molecule has 1 amide bonds. The molecule has 1 aromatic heterocycles. The zero-order valence-corrected chi connectivity index (χ0v) is 15.5. The molecule has 2 N–H and O–H groups in total. The van der Waals surface area contributed by atoms with Crippen LogP contribution in [0.5, 0.6) is 0 Å². The molecule has 2 aromatic rings. The molecular weight excluding hydrogens is 346 g/mol. The molecule has 1 aliphatic rings. The van der Waals surface area contributed by atoms with E-state index in [1.54, 1.807) is 18.2 Å². The zero-order valence-electron chi connectivity index (χ0n) is 14.7. The van der Waals surface area contributed by atoms with Gasteiger partial charge in [-0.2, -0.15) is 5.26 Å². The number of thiophene rings is 1. The number of anilines is 2. The highest BCUT2D eigenvalue weighted by Gasteiger charge is 2.20. The maximum Gasteiger partial charge on any atom is 0.244 e. The van der Waals surface area contributed by atoms with E-state index in [1.807, 2.05) is 6.07 Å². The van der Waals surface area contributed by atoms with Crippen molar-refractivity contribution in [3.05, 3.63) is 45.8 Å². The van der Waals surface area contributed by atoms with E-state index in [9.17, 15) is 14.9 Å². The number of nitrogens with zero attached hydrogens (tertiary/aromatic N) is 1. The summed E-state index contributed by atoms with van der Waals surface area (Å²) in [6.45, 7) is 1.59. The lowest BCUT2D eigenvalue weighted by atomic mass is 10.1. The van der Waals surface area contributed by atoms with Crippen LogP contribution < -0.4 is 10.6 Å². The summed E-state index contributed by atoms with van der Waals surface area (Å²) in [5, 5.41) is 16.1. The topological polar surface area (TPSA) is 82.0 Å². The fourth-order valence-corrected chi connectivity index (χ4v) is 4.41. The fourth-order valence-electron chi connectivity index (χ4n) is 3.15. The SMILES string of the molecule is CC(=O)c1cccc(NCC(=O)Nc2sc3c(c2C#N)CCCCC3)c1. The van der Waals surface area contributed by atoms with Gasteiger partial charge >= 0.3 is 0 Å². The van der Waals surface area contributed by atoms with Gasteiger partial charge in [-0.1, -0.05) is 18.6 Å². The van der Waals surface area contributed by atoms with Gasteiger partial charge < -0.3 is 10.6 Å². The molecule has 5 nitrogen and oxygen atoms in total. The Hall–Kier alpha value is -2.65. The Morgan fingerprint density at radius 3 is 2.81 bits per heavy atom. The molecule has 0 unspecified atom stereocenters. The molecule has 0 bridgehead atoms. The highest BCUT2D eigenvalue weighted by molar-refractivity contribution is 7.16. The first kappa shape index (κ1) is 18.2. The number of amides is 1. The summed E-state index contributed by atoms with van der Waals surface area (Å²) >= 11 is 1.53. The number of carbonyl (C=O) groups is 2. The number of nitriles is 1. The lowest BCUT2D eigenvalue weighted by molar-refractivity contribution is -0.114. The molecule has 1 aliphatic carbocycles. The maximum absolute atomic E-state index is 12.3. The molecule has 3 rings (SSSR count). The van der Waals surface area contributed by atoms with Gasteiger partial charge in [-0.3, -0.25) is 9.59 Å². The number of carbonyl (C=O) groups excluding carboxylic acids is 2. The summed E-state index contributed by atoms with van der Waals surface area (Å²) in [5.74, 6) is -0.219. The van der Waals surface area contributed by atoms with E-state index in [0.717, 1.165) is 36.9 Å². The van der Waals surface area contributed by atoms with Crippen molar-refractivity contribution in [2.45, 2.75) is 39.0 Å². The first-order valence-corrected chi connectivity index (χ1v) is 9.59. The van der Waals surface area contributed by atoms with Crippen molar-refractivity contribution >= 4 is 33.7 Å². The molecular formula is C20H21N3O2S. The van der Waals surface area contributed by atoms with Crippen molar-refractivity contribution < 1.29 is 9.59 Å². The second-order valence-corrected chi connectivity index (χ2v) is 7.52. The van der Waals surface area contributed by atoms with Gasteiger partial charge in [0, 0.05) is 16.1 Å². The van der Waals surface area contributed by atoms with Crippen LogP contribution in [-0.2, 0) is 17.6 Å². The third-order valence-electron chi connectivity index (χ3n) is 4.51. The molecule has 0 saturated carbocycles. The van der Waals surface area contributed by atoms with Crippen LogP contribution in [0.4, 0.5) is 10.7 Å². The molecule has 0 saturated heterocycles. The summed E-state index contributed by atoms with van der Waals surface area (Å²) in [7, 11) is 0. The molecule has 6 heteroatoms. The summed E-state index contributed by atoms with van der Waals surface area (Å²) in [6.07, 6.45) is 5.33. The van der Waals surface area contributed by atoms with Gasteiger partial charge in [0.25, 0.3) is 0 Å². The van der Waals surface area contributed by atoms with E-state index in [2.05, 4.69) is 16.7 Å². The van der Waals surface area contributed by atoms with Crippen LogP contribution in [0.15, 0.2) is 24.3 Å². The normalized spacial score (nSPS) is 13.2. The number of fused-ring (bicyclic) bond motifs is 1. The van der Waals surface area contributed by atoms with Gasteiger partial charge in [0.2, 0.25) is 5.91 Å². The number of Topliss-reactive ketones (excluding diaryl/α,β-unsaturated/α-hetero) is 1. The number of benzene rings is 1. The van der Waals surface area contributed by atoms with Crippen molar-refractivity contribution in [3.8, 4) is 6.07 Å². The van der Waals surface area contributed by atoms with Gasteiger partial charge in [0.15, 0.2) is 5.78 Å². The summed E-state index contributed by atoms with van der Waals surface area (Å²) in [5.41, 5.74) is 3.06. The molecule has 1 aromatic carbocycles. The van der Waals surface area contributed by atoms with Crippen molar-refractivity contribution in [2.75, 3.05) is 17.2 Å². The van der Waals surface area contributed by atoms with Gasteiger partial charge in [-0.25, -0.2) is 0 Å². The monoisotopic (exact) mass is 367 g/mol. The Morgan fingerprint density at radius 1 is 1.23 bits per heavy atom. The van der Waals surface area contributed by atoms with Gasteiger partial charge in [0.1, 0.15) is 11.1 Å². The van der Waals surface area contributed by atoms with Crippen LogP contribution in [0.3, 0.4) is 0 Å². The molecule has 0 radical (unpaired) electrons. The minimum Gasteiger partial charge on any atom is -0.376 e. The Labute approximate surface area is 157 Å². The summed E-state index contributed by atoms with van der Waals surface area (Å²) in [4.78, 5) is 25.0. The first-order chi connectivity index (χ1) is 12.6. The molecule has 0 aliphatic heterocycles. The largest absolute Gasteiger partial charge is 0.376 e. The number of nitrogens with one attached hydrogen (secondary N) is 2. The number of ketones is 1. The van der Waals surface area contributed by atoms with E-state index in [0.29, 0.717) is 16.1 Å². The average Bonchev–Trinajstić information content (AvgIpc) is 2.79. The van der Waals surface area contributed by atoms with E-state index in [-0.39, 0.29) is 18.2 Å². The lowest BCUT2D eigenvalue weighted by Gasteiger charge is -2.08. The quantitative estimate of drug-likeness (QED) is 0.614. The number of hydrogen-bond acceptors (Lipinski definition) is 5. The Morgan fingerprint density at radius 2 is 2.04 bits per heavy atom. The number of rotatable bonds is 5. The predicted octanol–water partition coefficient (Wildman–Crippen LogP) is 4.14. The van der Waals surface area contributed by atoms with Crippen molar-refractivity contribution in [1.29, 1.82) is 5.26 Å². The third kappa shape index (κ3) is 4.12. The van der Waals surface area contributed by atoms with E-state index in [1.165, 1.54) is 29.6 Å². The van der Waals surface area contributed by atoms with Crippen molar-refractivity contribution in [2.24, 2.45) is 0 Å². The lowest BCUT2D eigenvalue weighted by Crippen LogP contribution is -2.21. The Balaban J connectivity index is 1.66. The standard InChI is InChI=1S/C20H21N3O2S/c1-13(24)14-6-5-7-15(10-14)22-12-19(25)23-20-17(11-21)16-8-3-2-4-9-18(16)26-20/h5-7,10,22H,2-4,8-9,12H2,1H3,(H,23,25). The first-order valence-electron chi connectivity index (χ1n) is 8.78. The molecule has 0 fully saturated rings. The second-order valence-electron chi connectivity index (χ2n) is 6.42. The van der Waals surface area contributed by atoms with Gasteiger partial charge in [0.05, 0.1) is 12.1 Å². The van der Waals surface area contributed by atoms with Crippen LogP contribution in [0.2, 0.25) is 0 Å². The van der Waals surface area contributed by atoms with Crippen molar-refractivity contribution in [3.63, 3.8) is 0 Å². The highest BCUT2D eigenvalue weighted by Crippen LogP contribution is 2.36. The van der Waals surface area contributed by atoms with E-state index >= 15 is 0 Å². The summed E-state index contributed by atoms with van der Waals surface area (Å²) in [6, 6.07) is 9.33. The van der Waals surface area contributed by atoms with E-state index in [4.69, 9.17) is 0 Å². The van der Waals surface area contributed by atoms with Crippen molar-refractivity contribution in [1.82, 2.24) is 0 Å². The van der Waals surface area contributed by atoms with Crippen LogP contribution in [0.1, 0.15) is 52.5 Å². The molecule has 0 spiro atoms. The minimum absolute atomic E-state index is 0.0168. The zero-order chi connectivity index (χ0) is 18.5. The van der Waals surface area contributed by atoms with Crippen LogP contribution in [0, 0.1) is 11.3 Å². The van der Waals surface area contributed by atoms with Crippen LogP contribution >= 0.6 is 11.3 Å². The fraction of sp³-hybridized carbons (Fsp3) is 0.350. The number of aryl methyl sites for hydroxylation is 1. The highest BCUT2D eigenvalue weighted by atomic mass is 32.1. The molecule has 134 valence electrons. The minimum atomic E-state index is -0.203. The maximum atomic E-state index is 12.3. The molecule has 0 atom stereocenters. The molecule has 26 heavy (non-hydrogen) atoms. The Kier molecular flexibility index (Phi) is 5.69. The van der Waals surface area contributed by atoms with Gasteiger partial charge in [-0.15, -0.1) is 11.3 Å². The van der Waals surface area contributed by atoms with E-state index < -0.39 is 0 Å². The van der Waals surface area contributed by atoms with Crippen LogP contribution in [0.25, 0.3) is 0 Å². The number of hydrogen-bond donors (Lipinski definition) is 2. The Bertz CT molecular complexity index is 880. The smallest absolute Gasteiger partial charge is 0.244 e. The second kappa shape index (κ2) is 8.15. The third-order valence-corrected chi connectivity index (χ3v) is 5.72. The average molecular weight is 367 g/mol. The summed E-state index contributed by atoms with van der Waals surface area (Å²) < 4.78 is 0. The predicted molar refractivity (Wildman–Crippen MR) is 104 cm³/mol. The van der Waals surface area contributed by atoms with Gasteiger partial charge in [-0.05, 0) is 50.3 Å².